The lowest BCUT2D eigenvalue weighted by Crippen LogP contribution is -2.10. The molecule has 0 atom stereocenters. The lowest BCUT2D eigenvalue weighted by Gasteiger charge is -2.12. The van der Waals surface area contributed by atoms with Crippen LogP contribution in [0.2, 0.25) is 0 Å². The van der Waals surface area contributed by atoms with Gasteiger partial charge in [-0.2, -0.15) is 18.3 Å². The van der Waals surface area contributed by atoms with Crippen LogP contribution in [0.15, 0.2) is 30.5 Å². The van der Waals surface area contributed by atoms with E-state index in [2.05, 4.69) is 10.4 Å². The van der Waals surface area contributed by atoms with Crippen LogP contribution in [0.5, 0.6) is 0 Å². The first kappa shape index (κ1) is 15.6. The Labute approximate surface area is 121 Å². The van der Waals surface area contributed by atoms with Crippen molar-refractivity contribution in [2.75, 3.05) is 7.05 Å². The number of hydrogen-bond acceptors (Lipinski definition) is 2. The second-order valence-electron chi connectivity index (χ2n) is 4.86. The average molecular weight is 297 g/mol. The van der Waals surface area contributed by atoms with Gasteiger partial charge in [-0.05, 0) is 31.7 Å². The van der Waals surface area contributed by atoms with E-state index in [1.807, 2.05) is 14.0 Å². The Bertz CT molecular complexity index is 602. The fraction of sp³-hybridized carbons (Fsp3) is 0.400. The summed E-state index contributed by atoms with van der Waals surface area (Å²) in [5.41, 5.74) is 1.74. The van der Waals surface area contributed by atoms with E-state index >= 15 is 0 Å². The summed E-state index contributed by atoms with van der Waals surface area (Å²) in [5.74, 6) is 0. The molecule has 2 aromatic rings. The molecule has 0 saturated heterocycles. The van der Waals surface area contributed by atoms with Crippen LogP contribution >= 0.6 is 0 Å². The SMILES string of the molecule is CCCc1c(CNC)cnn1-c1cccc(C(F)(F)F)c1. The Morgan fingerprint density at radius 1 is 1.29 bits per heavy atom. The zero-order chi connectivity index (χ0) is 15.5. The van der Waals surface area contributed by atoms with Crippen molar-refractivity contribution in [3.63, 3.8) is 0 Å². The summed E-state index contributed by atoms with van der Waals surface area (Å²) >= 11 is 0. The van der Waals surface area contributed by atoms with Crippen molar-refractivity contribution in [3.05, 3.63) is 47.3 Å². The maximum atomic E-state index is 12.8. The van der Waals surface area contributed by atoms with E-state index in [1.54, 1.807) is 16.9 Å². The molecule has 0 aliphatic carbocycles. The molecule has 1 heterocycles. The van der Waals surface area contributed by atoms with Gasteiger partial charge in [-0.25, -0.2) is 4.68 Å². The number of nitrogens with one attached hydrogen (secondary N) is 1. The summed E-state index contributed by atoms with van der Waals surface area (Å²) in [7, 11) is 1.83. The largest absolute Gasteiger partial charge is 0.416 e. The van der Waals surface area contributed by atoms with Crippen LogP contribution in [0, 0.1) is 0 Å². The maximum absolute atomic E-state index is 12.8. The normalized spacial score (nSPS) is 11.9. The van der Waals surface area contributed by atoms with Crippen LogP contribution < -0.4 is 5.32 Å². The average Bonchev–Trinajstić information content (AvgIpc) is 2.82. The standard InChI is InChI=1S/C15H18F3N3/c1-3-5-14-11(9-19-2)10-20-21(14)13-7-4-6-12(8-13)15(16,17)18/h4,6-8,10,19H,3,5,9H2,1-2H3. The van der Waals surface area contributed by atoms with Crippen LogP contribution in [-0.2, 0) is 19.1 Å². The van der Waals surface area contributed by atoms with E-state index in [1.165, 1.54) is 6.07 Å². The molecule has 0 spiro atoms. The molecule has 0 amide bonds. The molecule has 2 rings (SSSR count). The fourth-order valence-electron chi connectivity index (χ4n) is 2.29. The highest BCUT2D eigenvalue weighted by Crippen LogP contribution is 2.30. The minimum absolute atomic E-state index is 0.440. The molecule has 6 heteroatoms. The minimum atomic E-state index is -4.35. The Balaban J connectivity index is 2.46. The molecule has 0 radical (unpaired) electrons. The van der Waals surface area contributed by atoms with Crippen molar-refractivity contribution in [1.29, 1.82) is 0 Å². The number of halogens is 3. The van der Waals surface area contributed by atoms with Crippen LogP contribution in [-0.4, -0.2) is 16.8 Å². The second-order valence-corrected chi connectivity index (χ2v) is 4.86. The molecule has 114 valence electrons. The van der Waals surface area contributed by atoms with Crippen molar-refractivity contribution in [2.45, 2.75) is 32.5 Å². The summed E-state index contributed by atoms with van der Waals surface area (Å²) in [6.45, 7) is 2.68. The monoisotopic (exact) mass is 297 g/mol. The lowest BCUT2D eigenvalue weighted by molar-refractivity contribution is -0.137. The molecule has 0 fully saturated rings. The Kier molecular flexibility index (Phi) is 4.67. The summed E-state index contributed by atoms with van der Waals surface area (Å²) in [6, 6.07) is 5.26. The molecule has 1 N–H and O–H groups in total. The van der Waals surface area contributed by atoms with Crippen LogP contribution in [0.4, 0.5) is 13.2 Å². The molecule has 1 aromatic carbocycles. The first-order valence-electron chi connectivity index (χ1n) is 6.85. The van der Waals surface area contributed by atoms with Crippen LogP contribution in [0.25, 0.3) is 5.69 Å². The highest BCUT2D eigenvalue weighted by atomic mass is 19.4. The van der Waals surface area contributed by atoms with Gasteiger partial charge in [-0.3, -0.25) is 0 Å². The summed E-state index contributed by atoms with van der Waals surface area (Å²) in [6.07, 6.45) is -0.960. The predicted octanol–water partition coefficient (Wildman–Crippen LogP) is 3.56. The van der Waals surface area contributed by atoms with Gasteiger partial charge in [0.25, 0.3) is 0 Å². The molecule has 0 bridgehead atoms. The number of aromatic nitrogens is 2. The van der Waals surface area contributed by atoms with E-state index in [4.69, 9.17) is 0 Å². The second kappa shape index (κ2) is 6.30. The lowest BCUT2D eigenvalue weighted by atomic mass is 10.1. The highest BCUT2D eigenvalue weighted by molar-refractivity contribution is 5.39. The van der Waals surface area contributed by atoms with E-state index < -0.39 is 11.7 Å². The van der Waals surface area contributed by atoms with Gasteiger partial charge >= 0.3 is 6.18 Å². The number of hydrogen-bond donors (Lipinski definition) is 1. The highest BCUT2D eigenvalue weighted by Gasteiger charge is 2.30. The Hall–Kier alpha value is -1.82. The molecule has 0 aliphatic rings. The third kappa shape index (κ3) is 3.44. The number of alkyl halides is 3. The van der Waals surface area contributed by atoms with Gasteiger partial charge in [-0.1, -0.05) is 19.4 Å². The zero-order valence-electron chi connectivity index (χ0n) is 12.0. The van der Waals surface area contributed by atoms with Crippen LogP contribution in [0.3, 0.4) is 0 Å². The summed E-state index contributed by atoms with van der Waals surface area (Å²) < 4.78 is 40.1. The zero-order valence-corrected chi connectivity index (χ0v) is 12.0. The van der Waals surface area contributed by atoms with Gasteiger partial charge in [0.2, 0.25) is 0 Å². The summed E-state index contributed by atoms with van der Waals surface area (Å²) in [4.78, 5) is 0. The number of rotatable bonds is 5. The topological polar surface area (TPSA) is 29.9 Å². The van der Waals surface area contributed by atoms with E-state index in [-0.39, 0.29) is 0 Å². The van der Waals surface area contributed by atoms with Crippen LogP contribution in [0.1, 0.15) is 30.2 Å². The van der Waals surface area contributed by atoms with Gasteiger partial charge in [-0.15, -0.1) is 0 Å². The van der Waals surface area contributed by atoms with Crippen molar-refractivity contribution in [2.24, 2.45) is 0 Å². The van der Waals surface area contributed by atoms with Crippen molar-refractivity contribution in [3.8, 4) is 5.69 Å². The van der Waals surface area contributed by atoms with Crippen molar-refractivity contribution >= 4 is 0 Å². The fourth-order valence-corrected chi connectivity index (χ4v) is 2.29. The number of nitrogens with zero attached hydrogens (tertiary/aromatic N) is 2. The molecular formula is C15H18F3N3. The molecule has 0 aliphatic heterocycles. The third-order valence-corrected chi connectivity index (χ3v) is 3.23. The predicted molar refractivity (Wildman–Crippen MR) is 75.3 cm³/mol. The van der Waals surface area contributed by atoms with Crippen molar-refractivity contribution < 1.29 is 13.2 Å². The van der Waals surface area contributed by atoms with Gasteiger partial charge in [0.1, 0.15) is 0 Å². The smallest absolute Gasteiger partial charge is 0.316 e. The van der Waals surface area contributed by atoms with Crippen molar-refractivity contribution in [1.82, 2.24) is 15.1 Å². The van der Waals surface area contributed by atoms with E-state index in [0.717, 1.165) is 36.2 Å². The minimum Gasteiger partial charge on any atom is -0.316 e. The Morgan fingerprint density at radius 3 is 2.67 bits per heavy atom. The maximum Gasteiger partial charge on any atom is 0.416 e. The molecular weight excluding hydrogens is 279 g/mol. The molecule has 0 saturated carbocycles. The molecule has 3 nitrogen and oxygen atoms in total. The Morgan fingerprint density at radius 2 is 2.05 bits per heavy atom. The van der Waals surface area contributed by atoms with E-state index in [0.29, 0.717) is 12.2 Å². The first-order chi connectivity index (χ1) is 9.97. The van der Waals surface area contributed by atoms with Gasteiger partial charge < -0.3 is 5.32 Å². The molecule has 1 aromatic heterocycles. The molecule has 21 heavy (non-hydrogen) atoms. The van der Waals surface area contributed by atoms with E-state index in [9.17, 15) is 13.2 Å². The molecule has 0 unspecified atom stereocenters. The quantitative estimate of drug-likeness (QED) is 0.914. The van der Waals surface area contributed by atoms with Gasteiger partial charge in [0, 0.05) is 17.8 Å². The number of benzene rings is 1. The first-order valence-corrected chi connectivity index (χ1v) is 6.85. The third-order valence-electron chi connectivity index (χ3n) is 3.23. The van der Waals surface area contributed by atoms with Gasteiger partial charge in [0.05, 0.1) is 17.4 Å². The summed E-state index contributed by atoms with van der Waals surface area (Å²) in [5, 5.41) is 7.31. The van der Waals surface area contributed by atoms with Gasteiger partial charge in [0.15, 0.2) is 0 Å².